The van der Waals surface area contributed by atoms with Crippen molar-refractivity contribution in [3.63, 3.8) is 0 Å². The van der Waals surface area contributed by atoms with Gasteiger partial charge in [0.05, 0.1) is 25.5 Å². The molecule has 0 bridgehead atoms. The van der Waals surface area contributed by atoms with Crippen molar-refractivity contribution in [3.8, 4) is 5.88 Å². The Morgan fingerprint density at radius 3 is 2.75 bits per heavy atom. The molecule has 0 radical (unpaired) electrons. The monoisotopic (exact) mass is 280 g/mol. The lowest BCUT2D eigenvalue weighted by molar-refractivity contribution is -0.125. The van der Waals surface area contributed by atoms with E-state index in [4.69, 9.17) is 15.6 Å². The van der Waals surface area contributed by atoms with E-state index in [0.717, 1.165) is 0 Å². The topological polar surface area (TPSA) is 127 Å². The molecule has 2 amide bonds. The fourth-order valence-electron chi connectivity index (χ4n) is 1.38. The predicted molar refractivity (Wildman–Crippen MR) is 67.8 cm³/mol. The molecule has 20 heavy (non-hydrogen) atoms. The number of aliphatic hydroxyl groups is 1. The highest BCUT2D eigenvalue weighted by Gasteiger charge is 2.22. The second kappa shape index (κ2) is 6.29. The lowest BCUT2D eigenvalue weighted by atomic mass is 10.3. The second-order valence-electron chi connectivity index (χ2n) is 4.62. The number of ether oxygens (including phenoxy) is 1. The van der Waals surface area contributed by atoms with Crippen LogP contribution in [0.2, 0.25) is 0 Å². The van der Waals surface area contributed by atoms with E-state index in [1.807, 2.05) is 0 Å². The van der Waals surface area contributed by atoms with Crippen molar-refractivity contribution in [2.24, 2.45) is 11.7 Å². The third kappa shape index (κ3) is 4.16. The van der Waals surface area contributed by atoms with Gasteiger partial charge in [-0.15, -0.1) is 0 Å². The first-order chi connectivity index (χ1) is 9.56. The molecule has 0 spiro atoms. The van der Waals surface area contributed by atoms with Crippen molar-refractivity contribution in [3.05, 3.63) is 18.1 Å². The summed E-state index contributed by atoms with van der Waals surface area (Å²) in [6.07, 6.45) is 3.57. The smallest absolute Gasteiger partial charge is 0.271 e. The second-order valence-corrected chi connectivity index (χ2v) is 4.62. The number of amides is 2. The molecule has 4 N–H and O–H groups in total. The molecular weight excluding hydrogens is 264 g/mol. The standard InChI is InChI=1S/C12H16N4O4/c13-11(18)9(17)4-16-12(19)8-3-15-10(5-14-8)20-6-7-1-2-7/h3,5,7,9,17H,1-2,4,6H2,(H2,13,18)(H,16,19). The maximum Gasteiger partial charge on any atom is 0.271 e. The minimum Gasteiger partial charge on any atom is -0.476 e. The van der Waals surface area contributed by atoms with Gasteiger partial charge in [0.1, 0.15) is 11.8 Å². The summed E-state index contributed by atoms with van der Waals surface area (Å²) in [5, 5.41) is 11.5. The molecule has 8 heteroatoms. The van der Waals surface area contributed by atoms with Crippen LogP contribution in [0.4, 0.5) is 0 Å². The highest BCUT2D eigenvalue weighted by atomic mass is 16.5. The van der Waals surface area contributed by atoms with Crippen LogP contribution < -0.4 is 15.8 Å². The van der Waals surface area contributed by atoms with Crippen molar-refractivity contribution in [1.29, 1.82) is 0 Å². The van der Waals surface area contributed by atoms with Crippen LogP contribution in [-0.2, 0) is 4.79 Å². The summed E-state index contributed by atoms with van der Waals surface area (Å²) in [6.45, 7) is 0.348. The molecule has 1 aromatic heterocycles. The summed E-state index contributed by atoms with van der Waals surface area (Å²) < 4.78 is 5.39. The van der Waals surface area contributed by atoms with E-state index in [2.05, 4.69) is 15.3 Å². The van der Waals surface area contributed by atoms with Crippen LogP contribution >= 0.6 is 0 Å². The van der Waals surface area contributed by atoms with Gasteiger partial charge in [0.2, 0.25) is 11.8 Å². The van der Waals surface area contributed by atoms with E-state index in [-0.39, 0.29) is 12.2 Å². The molecule has 2 rings (SSSR count). The Morgan fingerprint density at radius 1 is 1.45 bits per heavy atom. The Labute approximate surface area is 115 Å². The van der Waals surface area contributed by atoms with Crippen LogP contribution in [0.1, 0.15) is 23.3 Å². The van der Waals surface area contributed by atoms with Crippen LogP contribution in [-0.4, -0.2) is 46.1 Å². The van der Waals surface area contributed by atoms with E-state index in [9.17, 15) is 9.59 Å². The lowest BCUT2D eigenvalue weighted by Gasteiger charge is -2.08. The molecule has 1 unspecified atom stereocenters. The fourth-order valence-corrected chi connectivity index (χ4v) is 1.38. The molecular formula is C12H16N4O4. The van der Waals surface area contributed by atoms with Gasteiger partial charge in [-0.25, -0.2) is 9.97 Å². The van der Waals surface area contributed by atoms with Gasteiger partial charge < -0.3 is 20.9 Å². The number of nitrogens with zero attached hydrogens (tertiary/aromatic N) is 2. The Balaban J connectivity index is 1.81. The average Bonchev–Trinajstić information content (AvgIpc) is 3.26. The summed E-state index contributed by atoms with van der Waals surface area (Å²) in [7, 11) is 0. The van der Waals surface area contributed by atoms with Crippen LogP contribution in [0.5, 0.6) is 5.88 Å². The van der Waals surface area contributed by atoms with Gasteiger partial charge in [-0.05, 0) is 18.8 Å². The quantitative estimate of drug-likeness (QED) is 0.578. The van der Waals surface area contributed by atoms with Crippen LogP contribution in [0.25, 0.3) is 0 Å². The number of aliphatic hydroxyl groups excluding tert-OH is 1. The number of nitrogens with one attached hydrogen (secondary N) is 1. The van der Waals surface area contributed by atoms with E-state index >= 15 is 0 Å². The number of carbonyl (C=O) groups is 2. The molecule has 1 heterocycles. The highest BCUT2D eigenvalue weighted by molar-refractivity contribution is 5.92. The molecule has 1 aliphatic carbocycles. The van der Waals surface area contributed by atoms with Crippen LogP contribution in [0.3, 0.4) is 0 Å². The van der Waals surface area contributed by atoms with Crippen LogP contribution in [0, 0.1) is 5.92 Å². The molecule has 1 atom stereocenters. The Morgan fingerprint density at radius 2 is 2.20 bits per heavy atom. The number of hydrogen-bond acceptors (Lipinski definition) is 6. The Bertz CT molecular complexity index is 487. The molecule has 1 saturated carbocycles. The first-order valence-electron chi connectivity index (χ1n) is 6.26. The zero-order valence-corrected chi connectivity index (χ0v) is 10.8. The minimum atomic E-state index is -1.42. The van der Waals surface area contributed by atoms with E-state index in [1.54, 1.807) is 0 Å². The molecule has 0 saturated heterocycles. The number of primary amides is 1. The number of nitrogens with two attached hydrogens (primary N) is 1. The van der Waals surface area contributed by atoms with Gasteiger partial charge in [-0.3, -0.25) is 9.59 Å². The molecule has 1 fully saturated rings. The summed E-state index contributed by atoms with van der Waals surface area (Å²) in [5.41, 5.74) is 4.93. The number of aromatic nitrogens is 2. The fraction of sp³-hybridized carbons (Fsp3) is 0.500. The average molecular weight is 280 g/mol. The number of hydrogen-bond donors (Lipinski definition) is 3. The van der Waals surface area contributed by atoms with Crippen molar-refractivity contribution < 1.29 is 19.4 Å². The summed E-state index contributed by atoms with van der Waals surface area (Å²) >= 11 is 0. The van der Waals surface area contributed by atoms with Gasteiger partial charge in [0, 0.05) is 0 Å². The van der Waals surface area contributed by atoms with Gasteiger partial charge in [-0.2, -0.15) is 0 Å². The third-order valence-electron chi connectivity index (χ3n) is 2.81. The van der Waals surface area contributed by atoms with Gasteiger partial charge in [0.15, 0.2) is 0 Å². The summed E-state index contributed by atoms with van der Waals surface area (Å²) in [5.74, 6) is -0.479. The van der Waals surface area contributed by atoms with Gasteiger partial charge in [0.25, 0.3) is 5.91 Å². The van der Waals surface area contributed by atoms with Gasteiger partial charge >= 0.3 is 0 Å². The van der Waals surface area contributed by atoms with Crippen molar-refractivity contribution in [2.45, 2.75) is 18.9 Å². The normalized spacial score (nSPS) is 15.4. The van der Waals surface area contributed by atoms with E-state index < -0.39 is 17.9 Å². The first-order valence-corrected chi connectivity index (χ1v) is 6.26. The molecule has 0 aliphatic heterocycles. The van der Waals surface area contributed by atoms with Crippen molar-refractivity contribution in [2.75, 3.05) is 13.2 Å². The highest BCUT2D eigenvalue weighted by Crippen LogP contribution is 2.29. The number of carbonyl (C=O) groups excluding carboxylic acids is 2. The molecule has 108 valence electrons. The minimum absolute atomic E-state index is 0.0699. The molecule has 8 nitrogen and oxygen atoms in total. The summed E-state index contributed by atoms with van der Waals surface area (Å²) in [6, 6.07) is 0. The predicted octanol–water partition coefficient (Wildman–Crippen LogP) is -1.16. The van der Waals surface area contributed by atoms with Gasteiger partial charge in [-0.1, -0.05) is 0 Å². The Hall–Kier alpha value is -2.22. The third-order valence-corrected chi connectivity index (χ3v) is 2.81. The zero-order chi connectivity index (χ0) is 14.5. The molecule has 0 aromatic carbocycles. The van der Waals surface area contributed by atoms with Crippen molar-refractivity contribution >= 4 is 11.8 Å². The lowest BCUT2D eigenvalue weighted by Crippen LogP contribution is -2.40. The summed E-state index contributed by atoms with van der Waals surface area (Å²) in [4.78, 5) is 30.1. The SMILES string of the molecule is NC(=O)C(O)CNC(=O)c1cnc(OCC2CC2)cn1. The number of rotatable bonds is 7. The first kappa shape index (κ1) is 14.2. The maximum absolute atomic E-state index is 11.6. The largest absolute Gasteiger partial charge is 0.476 e. The van der Waals surface area contributed by atoms with Crippen molar-refractivity contribution in [1.82, 2.24) is 15.3 Å². The molecule has 1 aromatic rings. The van der Waals surface area contributed by atoms with Crippen LogP contribution in [0.15, 0.2) is 12.4 Å². The van der Waals surface area contributed by atoms with E-state index in [0.29, 0.717) is 18.4 Å². The molecule has 1 aliphatic rings. The van der Waals surface area contributed by atoms with E-state index in [1.165, 1.54) is 25.2 Å². The Kier molecular flexibility index (Phi) is 4.46. The maximum atomic E-state index is 11.6. The zero-order valence-electron chi connectivity index (χ0n) is 10.8.